The molecular weight excluding hydrogens is 214 g/mol. The highest BCUT2D eigenvalue weighted by molar-refractivity contribution is 6.86. The molecule has 6 heteroatoms. The second-order valence-corrected chi connectivity index (χ2v) is 17.6. The van der Waals surface area contributed by atoms with E-state index in [4.69, 9.17) is 13.6 Å². The van der Waals surface area contributed by atoms with Crippen LogP contribution in [0.15, 0.2) is 0 Å². The molecule has 0 unspecified atom stereocenters. The zero-order valence-electron chi connectivity index (χ0n) is 9.89. The van der Waals surface area contributed by atoms with Gasteiger partial charge in [0.15, 0.2) is 16.6 Å². The second kappa shape index (κ2) is 3.95. The monoisotopic (exact) mass is 237 g/mol. The Kier molecular flexibility index (Phi) is 4.11. The fourth-order valence-corrected chi connectivity index (χ4v) is 11.5. The van der Waals surface area contributed by atoms with E-state index in [2.05, 4.69) is 39.3 Å². The molecule has 0 aliphatic carbocycles. The third kappa shape index (κ3) is 8.85. The molecule has 0 aromatic heterocycles. The van der Waals surface area contributed by atoms with Crippen LogP contribution >= 0.6 is 0 Å². The summed E-state index contributed by atoms with van der Waals surface area (Å²) in [5.41, 5.74) is 0. The summed E-state index contributed by atoms with van der Waals surface area (Å²) in [6, 6.07) is 0. The van der Waals surface area contributed by atoms with Gasteiger partial charge in [0.25, 0.3) is 0 Å². The van der Waals surface area contributed by atoms with Gasteiger partial charge in [-0.2, -0.15) is 0 Å². The predicted molar refractivity (Wildman–Crippen MR) is 64.7 cm³/mol. The van der Waals surface area contributed by atoms with Gasteiger partial charge in [-0.3, -0.25) is 0 Å². The lowest BCUT2D eigenvalue weighted by atomic mass is 11.8. The normalized spacial score (nSPS) is 14.8. The molecule has 0 aromatic carbocycles. The summed E-state index contributed by atoms with van der Waals surface area (Å²) in [6.45, 7) is 14.8. The Morgan fingerprint density at radius 3 is 1.08 bits per heavy atom. The zero-order valence-corrected chi connectivity index (χ0v) is 12.9. The van der Waals surface area contributed by atoms with Crippen molar-refractivity contribution < 1.29 is 8.23 Å². The van der Waals surface area contributed by atoms with Crippen LogP contribution in [0.1, 0.15) is 0 Å². The molecule has 13 heavy (non-hydrogen) atoms. The Balaban J connectivity index is 4.25. The van der Waals surface area contributed by atoms with Gasteiger partial charge in [-0.15, -0.1) is 0 Å². The quantitative estimate of drug-likeness (QED) is 0.763. The lowest BCUT2D eigenvalue weighted by Crippen LogP contribution is -2.59. The van der Waals surface area contributed by atoms with Crippen LogP contribution < -0.4 is 5.40 Å². The van der Waals surface area contributed by atoms with Crippen LogP contribution in [0.4, 0.5) is 0 Å². The van der Waals surface area contributed by atoms with Crippen LogP contribution in [-0.4, -0.2) is 25.4 Å². The molecule has 3 nitrogen and oxygen atoms in total. The van der Waals surface area contributed by atoms with Crippen LogP contribution in [0, 0.1) is 0 Å². The van der Waals surface area contributed by atoms with Crippen LogP contribution in [0.3, 0.4) is 0 Å². The van der Waals surface area contributed by atoms with Gasteiger partial charge in [-0.05, 0) is 45.8 Å². The molecule has 0 heterocycles. The summed E-state index contributed by atoms with van der Waals surface area (Å²) in [5, 5.41) is 6.05. The summed E-state index contributed by atoms with van der Waals surface area (Å²) in [7, 11) is -5.47. The van der Waals surface area contributed by atoms with E-state index < -0.39 is 25.4 Å². The van der Waals surface area contributed by atoms with Gasteiger partial charge < -0.3 is 13.6 Å². The molecule has 0 aliphatic rings. The maximum atomic E-state index is 6.05. The Labute approximate surface area is 85.2 Å². The molecule has 0 bridgehead atoms. The van der Waals surface area contributed by atoms with E-state index in [1.165, 1.54) is 0 Å². The number of nitrogens with two attached hydrogens (primary N) is 1. The largest absolute Gasteiger partial charge is 0.426 e. The number of hydrogen-bond donors (Lipinski definition) is 1. The van der Waals surface area contributed by atoms with Gasteiger partial charge >= 0.3 is 8.72 Å². The minimum Gasteiger partial charge on any atom is -0.426 e. The van der Waals surface area contributed by atoms with Gasteiger partial charge in [-0.25, -0.2) is 0 Å². The van der Waals surface area contributed by atoms with E-state index in [1.807, 2.05) is 6.55 Å². The van der Waals surface area contributed by atoms with Crippen molar-refractivity contribution >= 4 is 25.4 Å². The molecule has 0 saturated heterocycles. The molecule has 0 fully saturated rings. The Morgan fingerprint density at radius 2 is 0.923 bits per heavy atom. The van der Waals surface area contributed by atoms with Crippen LogP contribution in [-0.2, 0) is 8.23 Å². The van der Waals surface area contributed by atoms with E-state index in [-0.39, 0.29) is 0 Å². The van der Waals surface area contributed by atoms with Crippen LogP contribution in [0.2, 0.25) is 45.8 Å². The third-order valence-electron chi connectivity index (χ3n) is 1.02. The summed E-state index contributed by atoms with van der Waals surface area (Å²) in [4.78, 5) is 0. The molecule has 0 radical (unpaired) electrons. The van der Waals surface area contributed by atoms with Gasteiger partial charge in [0.2, 0.25) is 0 Å². The lowest BCUT2D eigenvalue weighted by molar-refractivity contribution is 0.387. The minimum absolute atomic E-state index is 1.56. The van der Waals surface area contributed by atoms with Crippen LogP contribution in [0.25, 0.3) is 0 Å². The summed E-state index contributed by atoms with van der Waals surface area (Å²) < 4.78 is 11.7. The molecule has 0 atom stereocenters. The van der Waals surface area contributed by atoms with E-state index >= 15 is 0 Å². The molecule has 0 amide bonds. The van der Waals surface area contributed by atoms with Gasteiger partial charge in [0, 0.05) is 0 Å². The molecule has 0 spiro atoms. The first-order valence-corrected chi connectivity index (χ1v) is 13.8. The zero-order chi connectivity index (χ0) is 10.9. The van der Waals surface area contributed by atoms with E-state index in [1.54, 1.807) is 0 Å². The SMILES string of the molecule is C[Si](C)(C)O[Si](C)(N)O[Si](C)(C)C. The lowest BCUT2D eigenvalue weighted by Gasteiger charge is -2.34. The highest BCUT2D eigenvalue weighted by atomic mass is 28.5. The van der Waals surface area contributed by atoms with Crippen molar-refractivity contribution in [1.29, 1.82) is 0 Å². The average molecular weight is 238 g/mol. The van der Waals surface area contributed by atoms with E-state index in [9.17, 15) is 0 Å². The van der Waals surface area contributed by atoms with Crippen molar-refractivity contribution in [1.82, 2.24) is 0 Å². The molecule has 0 rings (SSSR count). The maximum Gasteiger partial charge on any atom is 0.398 e. The van der Waals surface area contributed by atoms with Gasteiger partial charge in [0.1, 0.15) is 0 Å². The summed E-state index contributed by atoms with van der Waals surface area (Å²) >= 11 is 0. The topological polar surface area (TPSA) is 44.5 Å². The summed E-state index contributed by atoms with van der Waals surface area (Å²) in [5.74, 6) is 0. The number of rotatable bonds is 4. The van der Waals surface area contributed by atoms with E-state index in [0.717, 1.165) is 0 Å². The Morgan fingerprint density at radius 1 is 0.692 bits per heavy atom. The fourth-order valence-electron chi connectivity index (χ4n) is 1.24. The standard InChI is InChI=1S/C7H23NO2Si3/c1-11(2,3)9-13(7,8)10-12(4,5)6/h8H2,1-7H3. The second-order valence-electron chi connectivity index (χ2n) is 5.44. The van der Waals surface area contributed by atoms with Gasteiger partial charge in [0.05, 0.1) is 0 Å². The first-order valence-electron chi connectivity index (χ1n) is 4.61. The third-order valence-corrected chi connectivity index (χ3v) is 9.16. The minimum atomic E-state index is -2.35. The van der Waals surface area contributed by atoms with Crippen molar-refractivity contribution in [2.75, 3.05) is 0 Å². The molecule has 0 aromatic rings. The molecule has 0 aliphatic heterocycles. The first kappa shape index (κ1) is 13.5. The Hall–Kier alpha value is 0.531. The fraction of sp³-hybridized carbons (Fsp3) is 1.00. The number of hydrogen-bond acceptors (Lipinski definition) is 3. The molecular formula is C7H23NO2Si3. The summed E-state index contributed by atoms with van der Waals surface area (Å²) in [6.07, 6.45) is 0. The molecule has 80 valence electrons. The van der Waals surface area contributed by atoms with Crippen molar-refractivity contribution in [3.05, 3.63) is 0 Å². The smallest absolute Gasteiger partial charge is 0.398 e. The Bertz CT molecular complexity index is 154. The first-order chi connectivity index (χ1) is 5.41. The predicted octanol–water partition coefficient (Wildman–Crippen LogP) is 2.22. The van der Waals surface area contributed by atoms with Crippen molar-refractivity contribution in [2.24, 2.45) is 5.40 Å². The highest BCUT2D eigenvalue weighted by Crippen LogP contribution is 2.15. The maximum absolute atomic E-state index is 6.05. The average Bonchev–Trinajstić information content (AvgIpc) is 1.43. The van der Waals surface area contributed by atoms with Gasteiger partial charge in [-0.1, -0.05) is 0 Å². The van der Waals surface area contributed by atoms with Crippen molar-refractivity contribution in [3.63, 3.8) is 0 Å². The van der Waals surface area contributed by atoms with Crippen LogP contribution in [0.5, 0.6) is 0 Å². The molecule has 0 saturated carbocycles. The highest BCUT2D eigenvalue weighted by Gasteiger charge is 2.37. The van der Waals surface area contributed by atoms with Crippen molar-refractivity contribution in [3.8, 4) is 0 Å². The van der Waals surface area contributed by atoms with E-state index in [0.29, 0.717) is 0 Å². The molecule has 2 N–H and O–H groups in total. The van der Waals surface area contributed by atoms with Crippen molar-refractivity contribution in [2.45, 2.75) is 45.8 Å².